The van der Waals surface area contributed by atoms with E-state index in [0.717, 1.165) is 24.2 Å². The van der Waals surface area contributed by atoms with Gasteiger partial charge in [0.25, 0.3) is 0 Å². The Morgan fingerprint density at radius 2 is 1.95 bits per heavy atom. The van der Waals surface area contributed by atoms with E-state index in [1.807, 2.05) is 16.7 Å². The zero-order valence-electron chi connectivity index (χ0n) is 21.8. The summed E-state index contributed by atoms with van der Waals surface area (Å²) in [5.74, 6) is -0.732. The van der Waals surface area contributed by atoms with E-state index in [1.165, 1.54) is 22.8 Å². The molecule has 0 bridgehead atoms. The fourth-order valence-corrected chi connectivity index (χ4v) is 5.59. The number of hydrogen-bond acceptors (Lipinski definition) is 9. The maximum Gasteiger partial charge on any atom is 0.414 e. The van der Waals surface area contributed by atoms with Gasteiger partial charge in [0.2, 0.25) is 12.3 Å². The van der Waals surface area contributed by atoms with Crippen molar-refractivity contribution in [2.45, 2.75) is 32.8 Å². The Morgan fingerprint density at radius 1 is 1.26 bits per heavy atom. The Hall–Kier alpha value is -3.94. The first-order valence-electron chi connectivity index (χ1n) is 12.7. The van der Waals surface area contributed by atoms with Gasteiger partial charge in [0.05, 0.1) is 29.4 Å². The lowest BCUT2D eigenvalue weighted by molar-refractivity contribution is -0.379. The standard InChI is InChI=1S/C25H31FN6O6S/c1-3-4-7-30(16-33)23-13-22(24(39-23)32(36)37)29-10-8-28(9-11-29)21-6-5-18(12-20(21)26)31-15-19(38-25(31)35)14-27-17(2)34/h5-6,12-13,16,19H,3-4,7-11,14-15H2,1-2H3,(H,27,34)/t19-/m0/s1. The van der Waals surface area contributed by atoms with E-state index in [4.69, 9.17) is 4.74 Å². The van der Waals surface area contributed by atoms with Gasteiger partial charge in [-0.3, -0.25) is 24.6 Å². The maximum atomic E-state index is 15.2. The number of piperazine rings is 1. The van der Waals surface area contributed by atoms with E-state index in [2.05, 4.69) is 5.32 Å². The van der Waals surface area contributed by atoms with Crippen LogP contribution in [0.15, 0.2) is 24.3 Å². The normalized spacial score (nSPS) is 17.3. The molecule has 0 spiro atoms. The van der Waals surface area contributed by atoms with Gasteiger partial charge in [0, 0.05) is 45.7 Å². The fourth-order valence-electron chi connectivity index (χ4n) is 4.61. The summed E-state index contributed by atoms with van der Waals surface area (Å²) in [5, 5.41) is 14.9. The van der Waals surface area contributed by atoms with Crippen molar-refractivity contribution in [2.24, 2.45) is 0 Å². The van der Waals surface area contributed by atoms with Crippen LogP contribution in [-0.2, 0) is 14.3 Å². The molecule has 3 heterocycles. The number of ether oxygens (including phenoxy) is 1. The highest BCUT2D eigenvalue weighted by molar-refractivity contribution is 7.20. The smallest absolute Gasteiger partial charge is 0.414 e. The Kier molecular flexibility index (Phi) is 8.84. The predicted molar refractivity (Wildman–Crippen MR) is 146 cm³/mol. The summed E-state index contributed by atoms with van der Waals surface area (Å²) in [5.41, 5.74) is 1.18. The molecule has 3 amide bonds. The van der Waals surface area contributed by atoms with Crippen molar-refractivity contribution in [3.63, 3.8) is 0 Å². The third-order valence-electron chi connectivity index (χ3n) is 6.67. The van der Waals surface area contributed by atoms with Gasteiger partial charge >= 0.3 is 11.1 Å². The van der Waals surface area contributed by atoms with Crippen molar-refractivity contribution < 1.29 is 28.4 Å². The van der Waals surface area contributed by atoms with Gasteiger partial charge in [0.1, 0.15) is 22.6 Å². The molecular formula is C25H31FN6O6S. The number of nitrogens with zero attached hydrogens (tertiary/aromatic N) is 5. The Labute approximate surface area is 229 Å². The molecule has 1 atom stereocenters. The molecule has 2 aliphatic heterocycles. The number of carbonyl (C=O) groups excluding carboxylic acids is 3. The van der Waals surface area contributed by atoms with Crippen LogP contribution in [0.3, 0.4) is 0 Å². The summed E-state index contributed by atoms with van der Waals surface area (Å²) in [6, 6.07) is 6.22. The number of rotatable bonds is 11. The van der Waals surface area contributed by atoms with Gasteiger partial charge in [-0.25, -0.2) is 9.18 Å². The van der Waals surface area contributed by atoms with E-state index >= 15 is 4.39 Å². The maximum absolute atomic E-state index is 15.2. The molecule has 14 heteroatoms. The van der Waals surface area contributed by atoms with E-state index < -0.39 is 22.9 Å². The minimum atomic E-state index is -0.606. The summed E-state index contributed by atoms with van der Waals surface area (Å²) in [6.07, 6.45) is 1.25. The monoisotopic (exact) mass is 562 g/mol. The van der Waals surface area contributed by atoms with Crippen molar-refractivity contribution in [2.75, 3.05) is 65.4 Å². The van der Waals surface area contributed by atoms with Gasteiger partial charge in [0.15, 0.2) is 0 Å². The molecule has 12 nitrogen and oxygen atoms in total. The minimum absolute atomic E-state index is 0.0216. The fraction of sp³-hybridized carbons (Fsp3) is 0.480. The zero-order valence-corrected chi connectivity index (χ0v) is 22.6. The van der Waals surface area contributed by atoms with Crippen LogP contribution in [0.4, 0.5) is 36.2 Å². The number of benzene rings is 1. The van der Waals surface area contributed by atoms with Crippen LogP contribution in [0.25, 0.3) is 0 Å². The second kappa shape index (κ2) is 12.3. The number of unbranched alkanes of at least 4 members (excludes halogenated alkanes) is 1. The van der Waals surface area contributed by atoms with Crippen molar-refractivity contribution in [1.29, 1.82) is 0 Å². The molecule has 0 radical (unpaired) electrons. The van der Waals surface area contributed by atoms with Crippen molar-refractivity contribution in [1.82, 2.24) is 5.32 Å². The van der Waals surface area contributed by atoms with Crippen molar-refractivity contribution >= 4 is 56.8 Å². The highest BCUT2D eigenvalue weighted by atomic mass is 32.1. The average Bonchev–Trinajstić information content (AvgIpc) is 3.52. The molecule has 4 rings (SSSR count). The predicted octanol–water partition coefficient (Wildman–Crippen LogP) is 3.35. The molecular weight excluding hydrogens is 531 g/mol. The van der Waals surface area contributed by atoms with Crippen LogP contribution in [0.1, 0.15) is 26.7 Å². The molecule has 2 saturated heterocycles. The molecule has 1 N–H and O–H groups in total. The first-order chi connectivity index (χ1) is 18.7. The Balaban J connectivity index is 1.42. The zero-order chi connectivity index (χ0) is 28.1. The first kappa shape index (κ1) is 28.1. The molecule has 0 saturated carbocycles. The molecule has 1 aromatic carbocycles. The molecule has 39 heavy (non-hydrogen) atoms. The lowest BCUT2D eigenvalue weighted by atomic mass is 10.2. The molecule has 1 aromatic heterocycles. The summed E-state index contributed by atoms with van der Waals surface area (Å²) in [7, 11) is 0. The Morgan fingerprint density at radius 3 is 2.54 bits per heavy atom. The molecule has 2 aliphatic rings. The largest absolute Gasteiger partial charge is 0.442 e. The van der Waals surface area contributed by atoms with Crippen LogP contribution in [0, 0.1) is 15.9 Å². The second-order valence-corrected chi connectivity index (χ2v) is 10.4. The van der Waals surface area contributed by atoms with E-state index in [9.17, 15) is 24.5 Å². The van der Waals surface area contributed by atoms with Gasteiger partial charge in [-0.15, -0.1) is 0 Å². The average molecular weight is 563 g/mol. The lowest BCUT2D eigenvalue weighted by Gasteiger charge is -2.36. The van der Waals surface area contributed by atoms with Crippen molar-refractivity contribution in [3.05, 3.63) is 40.2 Å². The number of nitrogens with one attached hydrogen (secondary N) is 1. The molecule has 2 fully saturated rings. The van der Waals surface area contributed by atoms with E-state index in [1.54, 1.807) is 18.2 Å². The van der Waals surface area contributed by atoms with Crippen LogP contribution in [0.5, 0.6) is 0 Å². The number of thiophene rings is 1. The van der Waals surface area contributed by atoms with Gasteiger partial charge < -0.3 is 24.8 Å². The minimum Gasteiger partial charge on any atom is -0.442 e. The van der Waals surface area contributed by atoms with Gasteiger partial charge in [-0.05, 0) is 36.0 Å². The summed E-state index contributed by atoms with van der Waals surface area (Å²) >= 11 is 0.980. The quantitative estimate of drug-likeness (QED) is 0.251. The number of halogens is 1. The lowest BCUT2D eigenvalue weighted by Crippen LogP contribution is -2.46. The number of amides is 3. The van der Waals surface area contributed by atoms with Gasteiger partial charge in [-0.1, -0.05) is 13.3 Å². The number of nitro groups is 1. The first-order valence-corrected chi connectivity index (χ1v) is 13.6. The number of anilines is 4. The number of cyclic esters (lactones) is 1. The number of carbonyl (C=O) groups is 3. The summed E-state index contributed by atoms with van der Waals surface area (Å²) < 4.78 is 20.4. The third-order valence-corrected chi connectivity index (χ3v) is 7.78. The summed E-state index contributed by atoms with van der Waals surface area (Å²) in [4.78, 5) is 52.9. The van der Waals surface area contributed by atoms with Crippen LogP contribution in [-0.4, -0.2) is 75.3 Å². The molecule has 0 unspecified atom stereocenters. The molecule has 2 aromatic rings. The summed E-state index contributed by atoms with van der Waals surface area (Å²) in [6.45, 7) is 5.95. The molecule has 210 valence electrons. The van der Waals surface area contributed by atoms with E-state index in [0.29, 0.717) is 61.2 Å². The number of hydrogen-bond donors (Lipinski definition) is 1. The highest BCUT2D eigenvalue weighted by Crippen LogP contribution is 2.42. The molecule has 0 aliphatic carbocycles. The van der Waals surface area contributed by atoms with E-state index in [-0.39, 0.29) is 24.0 Å². The SMILES string of the molecule is CCCCN(C=O)c1cc(N2CCN(c3ccc(N4C[C@H](CNC(C)=O)OC4=O)cc3F)CC2)c([N+](=O)[O-])s1. The van der Waals surface area contributed by atoms with Crippen LogP contribution in [0.2, 0.25) is 0 Å². The Bertz CT molecular complexity index is 1230. The van der Waals surface area contributed by atoms with Crippen LogP contribution < -0.4 is 24.9 Å². The highest BCUT2D eigenvalue weighted by Gasteiger charge is 2.33. The van der Waals surface area contributed by atoms with Crippen molar-refractivity contribution in [3.8, 4) is 0 Å². The topological polar surface area (TPSA) is 129 Å². The second-order valence-electron chi connectivity index (χ2n) is 9.35. The van der Waals surface area contributed by atoms with Crippen LogP contribution >= 0.6 is 11.3 Å². The third kappa shape index (κ3) is 6.38. The van der Waals surface area contributed by atoms with Gasteiger partial charge in [-0.2, -0.15) is 0 Å².